The second-order valence-electron chi connectivity index (χ2n) is 4.85. The lowest BCUT2D eigenvalue weighted by molar-refractivity contribution is 0.193. The molecule has 0 aliphatic heterocycles. The summed E-state index contributed by atoms with van der Waals surface area (Å²) in [6, 6.07) is 0. The molecule has 14 heavy (non-hydrogen) atoms. The maximum atomic E-state index is 5.90. The van der Waals surface area contributed by atoms with E-state index >= 15 is 0 Å². The minimum atomic E-state index is 0.0813. The van der Waals surface area contributed by atoms with Gasteiger partial charge in [0.1, 0.15) is 11.5 Å². The van der Waals surface area contributed by atoms with Gasteiger partial charge in [-0.3, -0.25) is 0 Å². The van der Waals surface area contributed by atoms with Crippen LogP contribution in [-0.4, -0.2) is 0 Å². The van der Waals surface area contributed by atoms with Gasteiger partial charge in [0.05, 0.1) is 0 Å². The summed E-state index contributed by atoms with van der Waals surface area (Å²) in [4.78, 5) is 0. The molecule has 0 heterocycles. The van der Waals surface area contributed by atoms with Gasteiger partial charge in [0.25, 0.3) is 0 Å². The molecule has 1 nitrogen and oxygen atoms in total. The van der Waals surface area contributed by atoms with E-state index in [1.165, 1.54) is 0 Å². The van der Waals surface area contributed by atoms with Crippen molar-refractivity contribution >= 4 is 0 Å². The maximum Gasteiger partial charge on any atom is 0.105 e. The molecule has 0 unspecified atom stereocenters. The van der Waals surface area contributed by atoms with E-state index in [9.17, 15) is 0 Å². The highest BCUT2D eigenvalue weighted by molar-refractivity contribution is 5.07. The Bertz CT molecular complexity index is 226. The van der Waals surface area contributed by atoms with Crippen LogP contribution in [0.3, 0.4) is 0 Å². The van der Waals surface area contributed by atoms with Crippen molar-refractivity contribution in [3.8, 4) is 0 Å². The normalized spacial score (nSPS) is 14.9. The Balaban J connectivity index is 4.65. The van der Waals surface area contributed by atoms with E-state index in [1.54, 1.807) is 0 Å². The molecule has 0 saturated heterocycles. The molecule has 0 bridgehead atoms. The predicted octanol–water partition coefficient (Wildman–Crippen LogP) is 4.51. The van der Waals surface area contributed by atoms with E-state index in [0.717, 1.165) is 11.5 Å². The first-order chi connectivity index (χ1) is 6.32. The smallest absolute Gasteiger partial charge is 0.105 e. The maximum absolute atomic E-state index is 5.90. The zero-order chi connectivity index (χ0) is 11.4. The van der Waals surface area contributed by atoms with E-state index in [4.69, 9.17) is 4.74 Å². The lowest BCUT2D eigenvalue weighted by atomic mass is 9.93. The van der Waals surface area contributed by atoms with Crippen LogP contribution in [0, 0.1) is 11.3 Å². The summed E-state index contributed by atoms with van der Waals surface area (Å²) in [7, 11) is 0. The van der Waals surface area contributed by atoms with Crippen LogP contribution in [0.4, 0.5) is 0 Å². The standard InChI is InChI=1S/C13H24O/c1-8-11(10(3)4)14-12(9-2)13(5,6)7/h8-10H,1-7H3/b11-8-,12-9-. The topological polar surface area (TPSA) is 9.23 Å². The highest BCUT2D eigenvalue weighted by Crippen LogP contribution is 2.29. The average molecular weight is 196 g/mol. The quantitative estimate of drug-likeness (QED) is 0.603. The first-order valence-corrected chi connectivity index (χ1v) is 5.33. The van der Waals surface area contributed by atoms with Crippen molar-refractivity contribution in [3.63, 3.8) is 0 Å². The van der Waals surface area contributed by atoms with Gasteiger partial charge in [-0.1, -0.05) is 34.6 Å². The third-order valence-electron chi connectivity index (χ3n) is 2.08. The van der Waals surface area contributed by atoms with Crippen molar-refractivity contribution < 1.29 is 4.74 Å². The monoisotopic (exact) mass is 196 g/mol. The molecular formula is C13H24O. The summed E-state index contributed by atoms with van der Waals surface area (Å²) in [6.45, 7) is 14.8. The third kappa shape index (κ3) is 3.99. The second-order valence-corrected chi connectivity index (χ2v) is 4.85. The SMILES string of the molecule is C/C=C(\O/C(=C\C)C(C)(C)C)C(C)C. The van der Waals surface area contributed by atoms with Crippen LogP contribution in [0.15, 0.2) is 23.7 Å². The summed E-state index contributed by atoms with van der Waals surface area (Å²) in [5.41, 5.74) is 0.0813. The fourth-order valence-corrected chi connectivity index (χ4v) is 1.28. The van der Waals surface area contributed by atoms with E-state index in [0.29, 0.717) is 5.92 Å². The van der Waals surface area contributed by atoms with Gasteiger partial charge in [0.2, 0.25) is 0 Å². The Kier molecular flexibility index (Phi) is 4.96. The highest BCUT2D eigenvalue weighted by Gasteiger charge is 2.19. The van der Waals surface area contributed by atoms with E-state index in [-0.39, 0.29) is 5.41 Å². The molecule has 0 N–H and O–H groups in total. The van der Waals surface area contributed by atoms with Crippen molar-refractivity contribution in [2.24, 2.45) is 11.3 Å². The third-order valence-corrected chi connectivity index (χ3v) is 2.08. The molecule has 0 radical (unpaired) electrons. The van der Waals surface area contributed by atoms with Gasteiger partial charge in [-0.25, -0.2) is 0 Å². The van der Waals surface area contributed by atoms with Crippen LogP contribution in [0.1, 0.15) is 48.5 Å². The van der Waals surface area contributed by atoms with Gasteiger partial charge in [0, 0.05) is 11.3 Å². The highest BCUT2D eigenvalue weighted by atomic mass is 16.5. The summed E-state index contributed by atoms with van der Waals surface area (Å²) in [5, 5.41) is 0. The van der Waals surface area contributed by atoms with Crippen molar-refractivity contribution in [3.05, 3.63) is 23.7 Å². The lowest BCUT2D eigenvalue weighted by Gasteiger charge is -2.25. The molecule has 0 spiro atoms. The predicted molar refractivity (Wildman–Crippen MR) is 62.9 cm³/mol. The van der Waals surface area contributed by atoms with Crippen LogP contribution in [-0.2, 0) is 4.74 Å². The summed E-state index contributed by atoms with van der Waals surface area (Å²) in [6.07, 6.45) is 4.09. The Morgan fingerprint density at radius 1 is 1.07 bits per heavy atom. The largest absolute Gasteiger partial charge is 0.466 e. The minimum Gasteiger partial charge on any atom is -0.466 e. The van der Waals surface area contributed by atoms with E-state index < -0.39 is 0 Å². The fourth-order valence-electron chi connectivity index (χ4n) is 1.28. The minimum absolute atomic E-state index is 0.0813. The lowest BCUT2D eigenvalue weighted by Crippen LogP contribution is -2.13. The average Bonchev–Trinajstić information content (AvgIpc) is 2.03. The summed E-state index contributed by atoms with van der Waals surface area (Å²) in [5.74, 6) is 2.53. The number of hydrogen-bond donors (Lipinski definition) is 0. The number of allylic oxidation sites excluding steroid dienone is 4. The van der Waals surface area contributed by atoms with Gasteiger partial charge in [0.15, 0.2) is 0 Å². The van der Waals surface area contributed by atoms with Crippen molar-refractivity contribution in [2.45, 2.75) is 48.5 Å². The molecule has 0 atom stereocenters. The number of ether oxygens (including phenoxy) is 1. The molecular weight excluding hydrogens is 172 g/mol. The molecule has 0 aromatic rings. The molecule has 0 amide bonds. The summed E-state index contributed by atoms with van der Waals surface area (Å²) >= 11 is 0. The second kappa shape index (κ2) is 5.23. The van der Waals surface area contributed by atoms with Crippen molar-refractivity contribution in [1.82, 2.24) is 0 Å². The Hall–Kier alpha value is -0.720. The van der Waals surface area contributed by atoms with E-state index in [2.05, 4.69) is 34.6 Å². The Labute approximate surface area is 88.9 Å². The first-order valence-electron chi connectivity index (χ1n) is 5.33. The number of hydrogen-bond acceptors (Lipinski definition) is 1. The van der Waals surface area contributed by atoms with Gasteiger partial charge >= 0.3 is 0 Å². The molecule has 0 saturated carbocycles. The first kappa shape index (κ1) is 13.3. The van der Waals surface area contributed by atoms with Crippen molar-refractivity contribution in [2.75, 3.05) is 0 Å². The molecule has 0 aromatic carbocycles. The van der Waals surface area contributed by atoms with Crippen LogP contribution in [0.2, 0.25) is 0 Å². The molecule has 0 fully saturated rings. The molecule has 0 rings (SSSR count). The molecule has 1 heteroatoms. The van der Waals surface area contributed by atoms with Gasteiger partial charge < -0.3 is 4.74 Å². The van der Waals surface area contributed by atoms with Crippen molar-refractivity contribution in [1.29, 1.82) is 0 Å². The molecule has 0 aliphatic carbocycles. The summed E-state index contributed by atoms with van der Waals surface area (Å²) < 4.78 is 5.90. The van der Waals surface area contributed by atoms with Crippen LogP contribution in [0.5, 0.6) is 0 Å². The van der Waals surface area contributed by atoms with Crippen LogP contribution < -0.4 is 0 Å². The molecule has 82 valence electrons. The van der Waals surface area contributed by atoms with Gasteiger partial charge in [-0.2, -0.15) is 0 Å². The Morgan fingerprint density at radius 2 is 1.57 bits per heavy atom. The van der Waals surface area contributed by atoms with Gasteiger partial charge in [-0.15, -0.1) is 0 Å². The van der Waals surface area contributed by atoms with Gasteiger partial charge in [-0.05, 0) is 26.0 Å². The Morgan fingerprint density at radius 3 is 1.79 bits per heavy atom. The van der Waals surface area contributed by atoms with Crippen LogP contribution >= 0.6 is 0 Å². The zero-order valence-corrected chi connectivity index (χ0v) is 10.6. The molecule has 0 aliphatic rings. The zero-order valence-electron chi connectivity index (χ0n) is 10.6. The molecule has 0 aromatic heterocycles. The van der Waals surface area contributed by atoms with E-state index in [1.807, 2.05) is 26.0 Å². The van der Waals surface area contributed by atoms with Crippen LogP contribution in [0.25, 0.3) is 0 Å². The fraction of sp³-hybridized carbons (Fsp3) is 0.692. The number of rotatable bonds is 3.